The summed E-state index contributed by atoms with van der Waals surface area (Å²) in [6.07, 6.45) is 4.23. The number of hydrogen-bond donors (Lipinski definition) is 2. The Labute approximate surface area is 149 Å². The predicted octanol–water partition coefficient (Wildman–Crippen LogP) is 5.69. The second-order valence-corrected chi connectivity index (χ2v) is 6.34. The first-order valence-electron chi connectivity index (χ1n) is 7.42. The van der Waals surface area contributed by atoms with Gasteiger partial charge >= 0.3 is 0 Å². The molecule has 0 heterocycles. The minimum atomic E-state index is 0.292. The zero-order valence-electron chi connectivity index (χ0n) is 12.6. The van der Waals surface area contributed by atoms with Crippen molar-refractivity contribution in [3.05, 3.63) is 69.7 Å². The number of benzene rings is 3. The molecular formula is C19H13Cl2N3. The summed E-state index contributed by atoms with van der Waals surface area (Å²) >= 11 is 11.9. The van der Waals surface area contributed by atoms with Gasteiger partial charge in [0.05, 0.1) is 15.7 Å². The number of nitrogens with two attached hydrogens (primary N) is 1. The van der Waals surface area contributed by atoms with Gasteiger partial charge in [-0.3, -0.25) is 0 Å². The second-order valence-electron chi connectivity index (χ2n) is 5.53. The van der Waals surface area contributed by atoms with Crippen molar-refractivity contribution in [3.8, 4) is 0 Å². The van der Waals surface area contributed by atoms with E-state index in [2.05, 4.69) is 40.7 Å². The standard InChI is InChI=1S/C19H13Cl2N3/c20-15-8-7-13(10-16(15)21)23-19(22)24-17-9-6-12-5-4-11-2-1-3-14(17)18(11)12/h1-10H,(H3,22,23,24). The predicted molar refractivity (Wildman–Crippen MR) is 104 cm³/mol. The topological polar surface area (TPSA) is 50.4 Å². The molecule has 0 unspecified atom stereocenters. The molecule has 0 aromatic heterocycles. The first-order chi connectivity index (χ1) is 11.6. The molecule has 0 radical (unpaired) electrons. The number of rotatable bonds is 2. The molecule has 5 heteroatoms. The molecule has 3 N–H and O–H groups in total. The zero-order chi connectivity index (χ0) is 16.7. The number of nitrogens with one attached hydrogen (secondary N) is 1. The fourth-order valence-corrected chi connectivity index (χ4v) is 3.18. The second kappa shape index (κ2) is 5.86. The van der Waals surface area contributed by atoms with Crippen LogP contribution in [0.4, 0.5) is 11.4 Å². The smallest absolute Gasteiger partial charge is 0.198 e. The highest BCUT2D eigenvalue weighted by molar-refractivity contribution is 6.42. The van der Waals surface area contributed by atoms with Crippen LogP contribution in [0.3, 0.4) is 0 Å². The molecule has 0 spiro atoms. The van der Waals surface area contributed by atoms with Crippen molar-refractivity contribution in [1.29, 1.82) is 0 Å². The maximum atomic E-state index is 6.06. The Bertz CT molecular complexity index is 1010. The van der Waals surface area contributed by atoms with Gasteiger partial charge in [-0.25, -0.2) is 4.99 Å². The molecule has 1 aliphatic rings. The molecule has 24 heavy (non-hydrogen) atoms. The maximum Gasteiger partial charge on any atom is 0.198 e. The number of hydrogen-bond acceptors (Lipinski definition) is 1. The quantitative estimate of drug-likeness (QED) is 0.359. The lowest BCUT2D eigenvalue weighted by Gasteiger charge is -2.09. The summed E-state index contributed by atoms with van der Waals surface area (Å²) in [6.45, 7) is 0. The van der Waals surface area contributed by atoms with Crippen LogP contribution in [0.1, 0.15) is 11.1 Å². The SMILES string of the molecule is NC(=Nc1ccc2c3c(cccc13)C=C2)Nc1ccc(Cl)c(Cl)c1. The molecule has 3 aromatic rings. The van der Waals surface area contributed by atoms with Gasteiger partial charge < -0.3 is 11.1 Å². The van der Waals surface area contributed by atoms with E-state index in [9.17, 15) is 0 Å². The van der Waals surface area contributed by atoms with Gasteiger partial charge in [0.2, 0.25) is 0 Å². The molecule has 1 aliphatic carbocycles. The molecule has 0 aliphatic heterocycles. The van der Waals surface area contributed by atoms with E-state index < -0.39 is 0 Å². The van der Waals surface area contributed by atoms with Gasteiger partial charge in [0, 0.05) is 11.1 Å². The van der Waals surface area contributed by atoms with E-state index in [0.717, 1.165) is 16.8 Å². The van der Waals surface area contributed by atoms with Crippen molar-refractivity contribution in [2.24, 2.45) is 10.7 Å². The highest BCUT2D eigenvalue weighted by Gasteiger charge is 2.11. The lowest BCUT2D eigenvalue weighted by atomic mass is 10.0. The van der Waals surface area contributed by atoms with Gasteiger partial charge in [0.25, 0.3) is 0 Å². The number of anilines is 1. The van der Waals surface area contributed by atoms with Crippen LogP contribution in [-0.2, 0) is 0 Å². The van der Waals surface area contributed by atoms with Crippen molar-refractivity contribution in [2.45, 2.75) is 0 Å². The average Bonchev–Trinajstić information content (AvgIpc) is 2.99. The average molecular weight is 354 g/mol. The normalized spacial score (nSPS) is 12.8. The fourth-order valence-electron chi connectivity index (χ4n) is 2.88. The highest BCUT2D eigenvalue weighted by Crippen LogP contribution is 2.36. The van der Waals surface area contributed by atoms with E-state index in [0.29, 0.717) is 16.0 Å². The van der Waals surface area contributed by atoms with Crippen LogP contribution >= 0.6 is 23.2 Å². The zero-order valence-corrected chi connectivity index (χ0v) is 14.1. The first-order valence-corrected chi connectivity index (χ1v) is 8.17. The van der Waals surface area contributed by atoms with Crippen LogP contribution < -0.4 is 11.1 Å². The minimum absolute atomic E-state index is 0.292. The van der Waals surface area contributed by atoms with Crippen molar-refractivity contribution >= 4 is 63.5 Å². The van der Waals surface area contributed by atoms with Gasteiger partial charge in [-0.05, 0) is 40.8 Å². The number of halogens is 2. The van der Waals surface area contributed by atoms with Crippen LogP contribution in [0.25, 0.3) is 22.9 Å². The molecule has 4 rings (SSSR count). The third-order valence-corrected chi connectivity index (χ3v) is 4.70. The first kappa shape index (κ1) is 15.1. The van der Waals surface area contributed by atoms with Crippen LogP contribution in [0.5, 0.6) is 0 Å². The largest absolute Gasteiger partial charge is 0.369 e. The fraction of sp³-hybridized carbons (Fsp3) is 0. The van der Waals surface area contributed by atoms with Gasteiger partial charge in [-0.2, -0.15) is 0 Å². The van der Waals surface area contributed by atoms with E-state index >= 15 is 0 Å². The van der Waals surface area contributed by atoms with Crippen LogP contribution in [-0.4, -0.2) is 5.96 Å². The summed E-state index contributed by atoms with van der Waals surface area (Å²) in [5.41, 5.74) is 10.0. The summed E-state index contributed by atoms with van der Waals surface area (Å²) in [7, 11) is 0. The maximum absolute atomic E-state index is 6.06. The number of aliphatic imine (C=N–C) groups is 1. The number of guanidine groups is 1. The van der Waals surface area contributed by atoms with Crippen molar-refractivity contribution in [2.75, 3.05) is 5.32 Å². The summed E-state index contributed by atoms with van der Waals surface area (Å²) < 4.78 is 0. The highest BCUT2D eigenvalue weighted by atomic mass is 35.5. The Morgan fingerprint density at radius 1 is 0.917 bits per heavy atom. The van der Waals surface area contributed by atoms with Gasteiger partial charge in [-0.15, -0.1) is 0 Å². The van der Waals surface area contributed by atoms with Gasteiger partial charge in [-0.1, -0.05) is 59.6 Å². The third kappa shape index (κ3) is 2.62. The molecule has 3 aromatic carbocycles. The summed E-state index contributed by atoms with van der Waals surface area (Å²) in [6, 6.07) is 15.4. The molecule has 0 saturated heterocycles. The Morgan fingerprint density at radius 2 is 1.71 bits per heavy atom. The van der Waals surface area contributed by atoms with Crippen molar-refractivity contribution in [1.82, 2.24) is 0 Å². The van der Waals surface area contributed by atoms with Crippen LogP contribution in [0.2, 0.25) is 10.0 Å². The molecule has 3 nitrogen and oxygen atoms in total. The Morgan fingerprint density at radius 3 is 2.50 bits per heavy atom. The Balaban J connectivity index is 1.71. The monoisotopic (exact) mass is 353 g/mol. The molecule has 118 valence electrons. The molecule has 0 saturated carbocycles. The van der Waals surface area contributed by atoms with Crippen molar-refractivity contribution < 1.29 is 0 Å². The summed E-state index contributed by atoms with van der Waals surface area (Å²) in [5, 5.41) is 6.29. The van der Waals surface area contributed by atoms with E-state index in [4.69, 9.17) is 28.9 Å². The lowest BCUT2D eigenvalue weighted by molar-refractivity contribution is 1.46. The molecule has 0 fully saturated rings. The van der Waals surface area contributed by atoms with E-state index in [1.165, 1.54) is 16.5 Å². The Kier molecular flexibility index (Phi) is 3.68. The molecule has 0 bridgehead atoms. The lowest BCUT2D eigenvalue weighted by Crippen LogP contribution is -2.21. The van der Waals surface area contributed by atoms with E-state index in [-0.39, 0.29) is 0 Å². The van der Waals surface area contributed by atoms with Crippen LogP contribution in [0, 0.1) is 0 Å². The molecular weight excluding hydrogens is 341 g/mol. The minimum Gasteiger partial charge on any atom is -0.369 e. The summed E-state index contributed by atoms with van der Waals surface area (Å²) in [4.78, 5) is 4.52. The molecule has 0 amide bonds. The number of nitrogens with zero attached hydrogens (tertiary/aromatic N) is 1. The van der Waals surface area contributed by atoms with E-state index in [1.54, 1.807) is 18.2 Å². The summed E-state index contributed by atoms with van der Waals surface area (Å²) in [5.74, 6) is 0.292. The van der Waals surface area contributed by atoms with Gasteiger partial charge in [0.1, 0.15) is 0 Å². The Hall–Kier alpha value is -2.49. The van der Waals surface area contributed by atoms with Crippen LogP contribution in [0.15, 0.2) is 53.5 Å². The third-order valence-electron chi connectivity index (χ3n) is 3.96. The molecule has 0 atom stereocenters. The van der Waals surface area contributed by atoms with E-state index in [1.807, 2.05) is 12.1 Å². The van der Waals surface area contributed by atoms with Crippen molar-refractivity contribution in [3.63, 3.8) is 0 Å². The van der Waals surface area contributed by atoms with Gasteiger partial charge in [0.15, 0.2) is 5.96 Å².